The number of aryl methyl sites for hydroxylation is 1. The van der Waals surface area contributed by atoms with E-state index in [-0.39, 0.29) is 5.91 Å². The first-order valence-electron chi connectivity index (χ1n) is 7.08. The van der Waals surface area contributed by atoms with Gasteiger partial charge in [0.2, 0.25) is 0 Å². The molecule has 1 N–H and O–H groups in total. The van der Waals surface area contributed by atoms with E-state index in [1.54, 1.807) is 30.7 Å². The second kappa shape index (κ2) is 6.67. The van der Waals surface area contributed by atoms with E-state index < -0.39 is 5.97 Å². The van der Waals surface area contributed by atoms with Crippen molar-refractivity contribution in [2.45, 2.75) is 6.92 Å². The molecule has 3 rings (SSSR count). The number of anilines is 1. The van der Waals surface area contributed by atoms with Crippen LogP contribution in [0.5, 0.6) is 0 Å². The average Bonchev–Trinajstić information content (AvgIpc) is 3.26. The summed E-state index contributed by atoms with van der Waals surface area (Å²) in [4.78, 5) is 29.0. The van der Waals surface area contributed by atoms with Gasteiger partial charge in [-0.25, -0.2) is 9.78 Å². The Hall–Kier alpha value is -2.93. The smallest absolute Gasteiger partial charge is 0.339 e. The monoisotopic (exact) mass is 342 g/mol. The molecule has 0 aliphatic carbocycles. The molecule has 6 nitrogen and oxygen atoms in total. The Balaban J connectivity index is 1.87. The first-order valence-corrected chi connectivity index (χ1v) is 7.89. The molecule has 2 aromatic heterocycles. The summed E-state index contributed by atoms with van der Waals surface area (Å²) in [5, 5.41) is 3.46. The predicted octanol–water partition coefficient (Wildman–Crippen LogP) is 3.75. The zero-order valence-corrected chi connectivity index (χ0v) is 13.8. The lowest BCUT2D eigenvalue weighted by Gasteiger charge is -2.11. The van der Waals surface area contributed by atoms with Crippen LogP contribution in [0.4, 0.5) is 5.69 Å². The zero-order chi connectivity index (χ0) is 17.1. The van der Waals surface area contributed by atoms with Crippen molar-refractivity contribution < 1.29 is 18.7 Å². The minimum Gasteiger partial charge on any atom is -0.472 e. The third-order valence-corrected chi connectivity index (χ3v) is 4.46. The number of furan rings is 1. The van der Waals surface area contributed by atoms with Gasteiger partial charge in [0.15, 0.2) is 0 Å². The number of amides is 1. The fourth-order valence-electron chi connectivity index (χ4n) is 2.19. The number of esters is 1. The first kappa shape index (κ1) is 15.9. The van der Waals surface area contributed by atoms with Gasteiger partial charge >= 0.3 is 5.97 Å². The van der Waals surface area contributed by atoms with Gasteiger partial charge in [0.25, 0.3) is 5.91 Å². The standard InChI is InChI=1S/C17H14N2O4S/c1-10-4-3-5-12(17(21)22-2)14(10)19-15(20)13-8-18-16(24-13)11-6-7-23-9-11/h3-9H,1-2H3,(H,19,20). The van der Waals surface area contributed by atoms with E-state index in [4.69, 9.17) is 9.15 Å². The van der Waals surface area contributed by atoms with Crippen LogP contribution in [-0.2, 0) is 4.74 Å². The van der Waals surface area contributed by atoms with Gasteiger partial charge in [0, 0.05) is 5.56 Å². The number of methoxy groups -OCH3 is 1. The number of carbonyl (C=O) groups is 2. The van der Waals surface area contributed by atoms with Crippen LogP contribution in [0.3, 0.4) is 0 Å². The Labute approximate surface area is 142 Å². The van der Waals surface area contributed by atoms with Crippen molar-refractivity contribution in [2.75, 3.05) is 12.4 Å². The SMILES string of the molecule is COC(=O)c1cccc(C)c1NC(=O)c1cnc(-c2ccoc2)s1. The molecule has 2 heterocycles. The molecule has 24 heavy (non-hydrogen) atoms. The van der Waals surface area contributed by atoms with Gasteiger partial charge in [-0.05, 0) is 24.6 Å². The molecule has 7 heteroatoms. The first-order chi connectivity index (χ1) is 11.6. The van der Waals surface area contributed by atoms with Crippen LogP contribution < -0.4 is 5.32 Å². The minimum absolute atomic E-state index is 0.311. The fraction of sp³-hybridized carbons (Fsp3) is 0.118. The lowest BCUT2D eigenvalue weighted by molar-refractivity contribution is 0.0602. The Morgan fingerprint density at radius 3 is 2.83 bits per heavy atom. The molecule has 0 bridgehead atoms. The molecule has 1 aromatic carbocycles. The Kier molecular flexibility index (Phi) is 4.43. The molecule has 0 radical (unpaired) electrons. The van der Waals surface area contributed by atoms with E-state index in [1.807, 2.05) is 13.0 Å². The largest absolute Gasteiger partial charge is 0.472 e. The zero-order valence-electron chi connectivity index (χ0n) is 13.0. The van der Waals surface area contributed by atoms with Crippen LogP contribution in [0.15, 0.2) is 47.4 Å². The lowest BCUT2D eigenvalue weighted by Crippen LogP contribution is -2.15. The number of nitrogens with zero attached hydrogens (tertiary/aromatic N) is 1. The molecule has 0 saturated carbocycles. The van der Waals surface area contributed by atoms with Gasteiger partial charge in [-0.1, -0.05) is 12.1 Å². The molecule has 0 aliphatic rings. The summed E-state index contributed by atoms with van der Waals surface area (Å²) in [5.74, 6) is -0.834. The van der Waals surface area contributed by atoms with Crippen molar-refractivity contribution in [3.63, 3.8) is 0 Å². The second-order valence-electron chi connectivity index (χ2n) is 4.98. The fourth-order valence-corrected chi connectivity index (χ4v) is 2.98. The van der Waals surface area contributed by atoms with Gasteiger partial charge in [-0.15, -0.1) is 11.3 Å². The number of benzene rings is 1. The number of nitrogens with one attached hydrogen (secondary N) is 1. The summed E-state index contributed by atoms with van der Waals surface area (Å²) in [6, 6.07) is 6.93. The maximum Gasteiger partial charge on any atom is 0.339 e. The van der Waals surface area contributed by atoms with E-state index in [9.17, 15) is 9.59 Å². The number of carbonyl (C=O) groups excluding carboxylic acids is 2. The van der Waals surface area contributed by atoms with Gasteiger partial charge in [0.1, 0.15) is 16.1 Å². The van der Waals surface area contributed by atoms with Crippen LogP contribution in [0.25, 0.3) is 10.6 Å². The maximum absolute atomic E-state index is 12.5. The van der Waals surface area contributed by atoms with E-state index in [2.05, 4.69) is 10.3 Å². The summed E-state index contributed by atoms with van der Waals surface area (Å²) < 4.78 is 9.78. The average molecular weight is 342 g/mol. The Bertz CT molecular complexity index is 884. The van der Waals surface area contributed by atoms with E-state index in [1.165, 1.54) is 24.6 Å². The van der Waals surface area contributed by atoms with E-state index >= 15 is 0 Å². The van der Waals surface area contributed by atoms with Gasteiger partial charge in [-0.3, -0.25) is 4.79 Å². The van der Waals surface area contributed by atoms with Gasteiger partial charge in [-0.2, -0.15) is 0 Å². The highest BCUT2D eigenvalue weighted by Crippen LogP contribution is 2.27. The summed E-state index contributed by atoms with van der Waals surface area (Å²) in [5.41, 5.74) is 2.33. The molecule has 3 aromatic rings. The number of thiazole rings is 1. The van der Waals surface area contributed by atoms with Crippen LogP contribution in [0, 0.1) is 6.92 Å². The molecule has 0 fully saturated rings. The van der Waals surface area contributed by atoms with Crippen molar-refractivity contribution in [1.82, 2.24) is 4.98 Å². The predicted molar refractivity (Wildman–Crippen MR) is 90.3 cm³/mol. The van der Waals surface area contributed by atoms with E-state index in [0.717, 1.165) is 11.1 Å². The third-order valence-electron chi connectivity index (χ3n) is 3.41. The molecule has 0 saturated heterocycles. The lowest BCUT2D eigenvalue weighted by atomic mass is 10.1. The summed E-state index contributed by atoms with van der Waals surface area (Å²) >= 11 is 1.24. The number of rotatable bonds is 4. The molecule has 1 amide bonds. The maximum atomic E-state index is 12.5. The molecular weight excluding hydrogens is 328 g/mol. The Morgan fingerprint density at radius 1 is 1.29 bits per heavy atom. The van der Waals surface area contributed by atoms with Crippen LogP contribution >= 0.6 is 11.3 Å². The van der Waals surface area contributed by atoms with Crippen LogP contribution in [0.2, 0.25) is 0 Å². The summed E-state index contributed by atoms with van der Waals surface area (Å²) in [6.45, 7) is 1.81. The number of ether oxygens (including phenoxy) is 1. The highest BCUT2D eigenvalue weighted by molar-refractivity contribution is 7.17. The number of aromatic nitrogens is 1. The summed E-state index contributed by atoms with van der Waals surface area (Å²) in [6.07, 6.45) is 4.61. The molecule has 0 atom stereocenters. The minimum atomic E-state index is -0.502. The number of para-hydroxylation sites is 1. The number of hydrogen-bond acceptors (Lipinski definition) is 6. The van der Waals surface area contributed by atoms with Crippen LogP contribution in [-0.4, -0.2) is 24.0 Å². The molecular formula is C17H14N2O4S. The molecule has 0 aliphatic heterocycles. The highest BCUT2D eigenvalue weighted by Gasteiger charge is 2.18. The molecule has 0 unspecified atom stereocenters. The van der Waals surface area contributed by atoms with Crippen molar-refractivity contribution in [2.24, 2.45) is 0 Å². The van der Waals surface area contributed by atoms with Crippen LogP contribution in [0.1, 0.15) is 25.6 Å². The van der Waals surface area contributed by atoms with Gasteiger partial charge in [0.05, 0.1) is 30.8 Å². The van der Waals surface area contributed by atoms with Crippen molar-refractivity contribution in [3.05, 3.63) is 59.0 Å². The molecule has 0 spiro atoms. The van der Waals surface area contributed by atoms with Crippen molar-refractivity contribution in [3.8, 4) is 10.6 Å². The quantitative estimate of drug-likeness (QED) is 0.730. The normalized spacial score (nSPS) is 10.4. The van der Waals surface area contributed by atoms with Crippen molar-refractivity contribution in [1.29, 1.82) is 0 Å². The van der Waals surface area contributed by atoms with Gasteiger partial charge < -0.3 is 14.5 Å². The topological polar surface area (TPSA) is 81.4 Å². The highest BCUT2D eigenvalue weighted by atomic mass is 32.1. The second-order valence-corrected chi connectivity index (χ2v) is 6.02. The van der Waals surface area contributed by atoms with E-state index in [0.29, 0.717) is 21.1 Å². The molecule has 122 valence electrons. The third kappa shape index (κ3) is 3.07. The van der Waals surface area contributed by atoms with Crippen molar-refractivity contribution >= 4 is 28.9 Å². The number of hydrogen-bond donors (Lipinski definition) is 1. The Morgan fingerprint density at radius 2 is 2.12 bits per heavy atom. The summed E-state index contributed by atoms with van der Waals surface area (Å²) in [7, 11) is 1.30.